The second kappa shape index (κ2) is 10.2. The maximum atomic E-state index is 13.8. The molecule has 0 radical (unpaired) electrons. The van der Waals surface area contributed by atoms with Gasteiger partial charge in [-0.3, -0.25) is 9.10 Å². The molecule has 1 N–H and O–H groups in total. The van der Waals surface area contributed by atoms with Crippen LogP contribution in [-0.2, 0) is 21.4 Å². The van der Waals surface area contributed by atoms with Crippen LogP contribution in [0.2, 0.25) is 5.02 Å². The zero-order valence-electron chi connectivity index (χ0n) is 16.6. The lowest BCUT2D eigenvalue weighted by atomic mass is 10.2. The lowest BCUT2D eigenvalue weighted by Crippen LogP contribution is -2.40. The number of rotatable bonds is 8. The van der Waals surface area contributed by atoms with Crippen LogP contribution in [0.5, 0.6) is 0 Å². The lowest BCUT2D eigenvalue weighted by Gasteiger charge is -2.24. The van der Waals surface area contributed by atoms with E-state index in [-0.39, 0.29) is 17.1 Å². The molecule has 0 atom stereocenters. The van der Waals surface area contributed by atoms with Crippen LogP contribution in [0.1, 0.15) is 5.56 Å². The molecule has 0 spiro atoms. The molecule has 3 rings (SSSR count). The van der Waals surface area contributed by atoms with Crippen molar-refractivity contribution in [2.75, 3.05) is 17.1 Å². The summed E-state index contributed by atoms with van der Waals surface area (Å²) in [6.45, 7) is -0.377. The smallest absolute Gasteiger partial charge is 0.264 e. The number of carbonyl (C=O) groups excluding carboxylic acids is 1. The SMILES string of the molecule is CSc1ccc(S(=O)(=O)N(CC(=O)NCc2ccccc2Cl)c2cccc(F)c2)cc1. The number of benzene rings is 3. The van der Waals surface area contributed by atoms with Crippen LogP contribution in [0.25, 0.3) is 0 Å². The second-order valence-corrected chi connectivity index (χ2v) is 9.68. The Morgan fingerprint density at radius 1 is 1.06 bits per heavy atom. The van der Waals surface area contributed by atoms with Gasteiger partial charge in [0, 0.05) is 16.5 Å². The van der Waals surface area contributed by atoms with Crippen LogP contribution >= 0.6 is 23.4 Å². The molecule has 162 valence electrons. The van der Waals surface area contributed by atoms with Gasteiger partial charge in [-0.15, -0.1) is 11.8 Å². The molecule has 0 bridgehead atoms. The molecule has 3 aromatic carbocycles. The van der Waals surface area contributed by atoms with E-state index in [0.29, 0.717) is 10.6 Å². The normalized spacial score (nSPS) is 11.2. The first-order chi connectivity index (χ1) is 14.8. The van der Waals surface area contributed by atoms with Gasteiger partial charge in [0.1, 0.15) is 12.4 Å². The van der Waals surface area contributed by atoms with E-state index in [2.05, 4.69) is 5.32 Å². The van der Waals surface area contributed by atoms with Crippen LogP contribution in [0.4, 0.5) is 10.1 Å². The average Bonchev–Trinajstić information content (AvgIpc) is 2.77. The fraction of sp³-hybridized carbons (Fsp3) is 0.136. The summed E-state index contributed by atoms with van der Waals surface area (Å²) in [5, 5.41) is 3.16. The number of nitrogens with one attached hydrogen (secondary N) is 1. The minimum Gasteiger partial charge on any atom is -0.350 e. The maximum Gasteiger partial charge on any atom is 0.264 e. The zero-order chi connectivity index (χ0) is 22.4. The Hall–Kier alpha value is -2.55. The number of anilines is 1. The Labute approximate surface area is 190 Å². The van der Waals surface area contributed by atoms with Gasteiger partial charge in [0.25, 0.3) is 10.0 Å². The van der Waals surface area contributed by atoms with Gasteiger partial charge in [0.2, 0.25) is 5.91 Å². The second-order valence-electron chi connectivity index (χ2n) is 6.54. The Bertz CT molecular complexity index is 1170. The van der Waals surface area contributed by atoms with Crippen molar-refractivity contribution in [2.45, 2.75) is 16.3 Å². The van der Waals surface area contributed by atoms with Crippen molar-refractivity contribution in [3.63, 3.8) is 0 Å². The molecule has 0 saturated heterocycles. The molecule has 5 nitrogen and oxygen atoms in total. The van der Waals surface area contributed by atoms with Crippen LogP contribution < -0.4 is 9.62 Å². The number of thioether (sulfide) groups is 1. The Kier molecular flexibility index (Phi) is 7.59. The molecule has 31 heavy (non-hydrogen) atoms. The lowest BCUT2D eigenvalue weighted by molar-refractivity contribution is -0.119. The summed E-state index contributed by atoms with van der Waals surface area (Å²) in [4.78, 5) is 13.5. The summed E-state index contributed by atoms with van der Waals surface area (Å²) in [5.41, 5.74) is 0.757. The van der Waals surface area contributed by atoms with Gasteiger partial charge in [0.05, 0.1) is 10.6 Å². The van der Waals surface area contributed by atoms with Crippen molar-refractivity contribution >= 4 is 45.0 Å². The van der Waals surface area contributed by atoms with E-state index in [0.717, 1.165) is 15.3 Å². The van der Waals surface area contributed by atoms with E-state index in [1.54, 1.807) is 36.4 Å². The summed E-state index contributed by atoms with van der Waals surface area (Å²) < 4.78 is 41.3. The summed E-state index contributed by atoms with van der Waals surface area (Å²) in [5.74, 6) is -1.15. The van der Waals surface area contributed by atoms with Gasteiger partial charge in [-0.25, -0.2) is 12.8 Å². The predicted molar refractivity (Wildman–Crippen MR) is 122 cm³/mol. The number of amides is 1. The fourth-order valence-electron chi connectivity index (χ4n) is 2.84. The monoisotopic (exact) mass is 478 g/mol. The third-order valence-corrected chi connectivity index (χ3v) is 7.37. The van der Waals surface area contributed by atoms with Gasteiger partial charge >= 0.3 is 0 Å². The van der Waals surface area contributed by atoms with Crippen LogP contribution in [0.3, 0.4) is 0 Å². The van der Waals surface area contributed by atoms with Gasteiger partial charge < -0.3 is 5.32 Å². The Morgan fingerprint density at radius 2 is 1.77 bits per heavy atom. The first-order valence-corrected chi connectivity index (χ1v) is 12.3. The van der Waals surface area contributed by atoms with E-state index < -0.39 is 28.3 Å². The van der Waals surface area contributed by atoms with Gasteiger partial charge in [-0.2, -0.15) is 0 Å². The number of halogens is 2. The Morgan fingerprint density at radius 3 is 2.42 bits per heavy atom. The maximum absolute atomic E-state index is 13.8. The number of sulfonamides is 1. The third-order valence-electron chi connectivity index (χ3n) is 4.46. The van der Waals surface area contributed by atoms with Crippen molar-refractivity contribution in [3.05, 3.63) is 89.2 Å². The fourth-order valence-corrected chi connectivity index (χ4v) is 4.87. The highest BCUT2D eigenvalue weighted by molar-refractivity contribution is 7.98. The summed E-state index contributed by atoms with van der Waals surface area (Å²) >= 11 is 7.58. The van der Waals surface area contributed by atoms with Gasteiger partial charge in [-0.05, 0) is 60.4 Å². The summed E-state index contributed by atoms with van der Waals surface area (Å²) in [6, 6.07) is 18.4. The number of hydrogen-bond donors (Lipinski definition) is 1. The van der Waals surface area contributed by atoms with Gasteiger partial charge in [-0.1, -0.05) is 35.9 Å². The number of hydrogen-bond acceptors (Lipinski definition) is 4. The first kappa shape index (κ1) is 23.1. The highest BCUT2D eigenvalue weighted by Crippen LogP contribution is 2.26. The molecule has 1 amide bonds. The highest BCUT2D eigenvalue weighted by atomic mass is 35.5. The topological polar surface area (TPSA) is 66.5 Å². The molecule has 0 heterocycles. The van der Waals surface area contributed by atoms with Crippen molar-refractivity contribution < 1.29 is 17.6 Å². The van der Waals surface area contributed by atoms with Gasteiger partial charge in [0.15, 0.2) is 0 Å². The zero-order valence-corrected chi connectivity index (χ0v) is 19.0. The molecule has 3 aromatic rings. The number of nitrogens with zero attached hydrogens (tertiary/aromatic N) is 1. The largest absolute Gasteiger partial charge is 0.350 e. The summed E-state index contributed by atoms with van der Waals surface area (Å²) in [6.07, 6.45) is 1.88. The van der Waals surface area contributed by atoms with Crippen LogP contribution in [0.15, 0.2) is 82.6 Å². The molecule has 9 heteroatoms. The molecular weight excluding hydrogens is 459 g/mol. The average molecular weight is 479 g/mol. The molecule has 0 aliphatic carbocycles. The van der Waals surface area contributed by atoms with Crippen molar-refractivity contribution in [1.82, 2.24) is 5.32 Å². The van der Waals surface area contributed by atoms with Crippen molar-refractivity contribution in [3.8, 4) is 0 Å². The molecule has 0 saturated carbocycles. The molecular formula is C22H20ClFN2O3S2. The van der Waals surface area contributed by atoms with E-state index >= 15 is 0 Å². The van der Waals surface area contributed by atoms with E-state index in [1.165, 1.54) is 42.1 Å². The molecule has 0 aromatic heterocycles. The minimum atomic E-state index is -4.11. The van der Waals surface area contributed by atoms with E-state index in [1.807, 2.05) is 6.26 Å². The Balaban J connectivity index is 1.87. The molecule has 0 aliphatic heterocycles. The number of carbonyl (C=O) groups is 1. The minimum absolute atomic E-state index is 0.00784. The quantitative estimate of drug-likeness (QED) is 0.476. The predicted octanol–water partition coefficient (Wildman–Crippen LogP) is 4.71. The molecule has 0 unspecified atom stereocenters. The standard InChI is InChI=1S/C22H20ClFN2O3S2/c1-30-19-9-11-20(12-10-19)31(28,29)26(18-7-4-6-17(24)13-18)15-22(27)25-14-16-5-2-3-8-21(16)23/h2-13H,14-15H2,1H3,(H,25,27). The van der Waals surface area contributed by atoms with Crippen LogP contribution in [-0.4, -0.2) is 27.1 Å². The van der Waals surface area contributed by atoms with Crippen molar-refractivity contribution in [1.29, 1.82) is 0 Å². The highest BCUT2D eigenvalue weighted by Gasteiger charge is 2.27. The van der Waals surface area contributed by atoms with Crippen molar-refractivity contribution in [2.24, 2.45) is 0 Å². The first-order valence-electron chi connectivity index (χ1n) is 9.24. The van der Waals surface area contributed by atoms with E-state index in [9.17, 15) is 17.6 Å². The third kappa shape index (κ3) is 5.78. The molecule has 0 fully saturated rings. The van der Waals surface area contributed by atoms with Crippen LogP contribution in [0, 0.1) is 5.82 Å². The van der Waals surface area contributed by atoms with E-state index in [4.69, 9.17) is 11.6 Å². The molecule has 0 aliphatic rings. The summed E-state index contributed by atoms with van der Waals surface area (Å²) in [7, 11) is -4.11.